The van der Waals surface area contributed by atoms with Crippen LogP contribution in [0.25, 0.3) is 0 Å². The fourth-order valence-corrected chi connectivity index (χ4v) is 1.97. The summed E-state index contributed by atoms with van der Waals surface area (Å²) in [6, 6.07) is 0. The summed E-state index contributed by atoms with van der Waals surface area (Å²) in [4.78, 5) is 13.0. The van der Waals surface area contributed by atoms with Crippen LogP contribution < -0.4 is 0 Å². The molecule has 0 spiro atoms. The van der Waals surface area contributed by atoms with Crippen LogP contribution in [0, 0.1) is 11.8 Å². The number of hydrogen-bond donors (Lipinski definition) is 1. The highest BCUT2D eigenvalue weighted by Crippen LogP contribution is 2.23. The SMILES string of the molecule is C/C(=C\Cl)CN1C[C@@H](C)[C@H](C(=O)O)C1. The van der Waals surface area contributed by atoms with E-state index in [1.165, 1.54) is 0 Å². The normalized spacial score (nSPS) is 29.5. The summed E-state index contributed by atoms with van der Waals surface area (Å²) in [5, 5.41) is 8.93. The van der Waals surface area contributed by atoms with Crippen molar-refractivity contribution in [1.82, 2.24) is 4.90 Å². The van der Waals surface area contributed by atoms with E-state index in [-0.39, 0.29) is 11.8 Å². The van der Waals surface area contributed by atoms with Crippen molar-refractivity contribution < 1.29 is 9.90 Å². The predicted molar refractivity (Wildman–Crippen MR) is 56.3 cm³/mol. The lowest BCUT2D eigenvalue weighted by Crippen LogP contribution is -2.24. The molecular weight excluding hydrogens is 202 g/mol. The molecule has 1 heterocycles. The number of aliphatic carboxylic acids is 1. The molecule has 0 amide bonds. The van der Waals surface area contributed by atoms with Gasteiger partial charge >= 0.3 is 5.97 Å². The van der Waals surface area contributed by atoms with Gasteiger partial charge in [0.05, 0.1) is 5.92 Å². The van der Waals surface area contributed by atoms with Gasteiger partial charge in [-0.2, -0.15) is 0 Å². The van der Waals surface area contributed by atoms with E-state index < -0.39 is 5.97 Å². The number of halogens is 1. The fraction of sp³-hybridized carbons (Fsp3) is 0.700. The van der Waals surface area contributed by atoms with Gasteiger partial charge in [-0.15, -0.1) is 0 Å². The lowest BCUT2D eigenvalue weighted by molar-refractivity contribution is -0.142. The second kappa shape index (κ2) is 4.80. The molecule has 1 fully saturated rings. The first-order valence-corrected chi connectivity index (χ1v) is 5.19. The second-order valence-corrected chi connectivity index (χ2v) is 4.29. The molecule has 3 nitrogen and oxygen atoms in total. The highest BCUT2D eigenvalue weighted by atomic mass is 35.5. The molecule has 0 unspecified atom stereocenters. The van der Waals surface area contributed by atoms with Gasteiger partial charge in [-0.3, -0.25) is 9.69 Å². The van der Waals surface area contributed by atoms with Gasteiger partial charge in [0.2, 0.25) is 0 Å². The van der Waals surface area contributed by atoms with Gasteiger partial charge < -0.3 is 5.11 Å². The molecule has 1 saturated heterocycles. The Kier molecular flexibility index (Phi) is 3.96. The molecular formula is C10H16ClNO2. The molecule has 80 valence electrons. The largest absolute Gasteiger partial charge is 0.481 e. The zero-order valence-corrected chi connectivity index (χ0v) is 9.29. The van der Waals surface area contributed by atoms with E-state index in [9.17, 15) is 4.79 Å². The Bertz CT molecular complexity index is 253. The van der Waals surface area contributed by atoms with E-state index in [0.717, 1.165) is 18.7 Å². The number of carboxylic acid groups (broad SMARTS) is 1. The van der Waals surface area contributed by atoms with Gasteiger partial charge in [-0.1, -0.05) is 18.5 Å². The van der Waals surface area contributed by atoms with E-state index in [1.54, 1.807) is 5.54 Å². The number of rotatable bonds is 3. The number of hydrogen-bond acceptors (Lipinski definition) is 2. The Hall–Kier alpha value is -0.540. The molecule has 0 saturated carbocycles. The van der Waals surface area contributed by atoms with Crippen LogP contribution in [0.5, 0.6) is 0 Å². The van der Waals surface area contributed by atoms with Crippen LogP contribution in [0.3, 0.4) is 0 Å². The first kappa shape index (κ1) is 11.5. The van der Waals surface area contributed by atoms with Crippen molar-refractivity contribution in [2.24, 2.45) is 11.8 Å². The third-order valence-electron chi connectivity index (χ3n) is 2.66. The summed E-state index contributed by atoms with van der Waals surface area (Å²) in [5.74, 6) is -0.679. The van der Waals surface area contributed by atoms with E-state index in [0.29, 0.717) is 6.54 Å². The van der Waals surface area contributed by atoms with Gasteiger partial charge in [0.25, 0.3) is 0 Å². The lowest BCUT2D eigenvalue weighted by atomic mass is 9.99. The molecule has 0 radical (unpaired) electrons. The van der Waals surface area contributed by atoms with E-state index in [1.807, 2.05) is 13.8 Å². The van der Waals surface area contributed by atoms with Crippen molar-refractivity contribution in [3.8, 4) is 0 Å². The lowest BCUT2D eigenvalue weighted by Gasteiger charge is -2.14. The van der Waals surface area contributed by atoms with Crippen molar-refractivity contribution in [2.75, 3.05) is 19.6 Å². The first-order chi connectivity index (χ1) is 6.54. The minimum Gasteiger partial charge on any atom is -0.481 e. The Balaban J connectivity index is 2.51. The van der Waals surface area contributed by atoms with Crippen LogP contribution in [0.2, 0.25) is 0 Å². The van der Waals surface area contributed by atoms with Crippen LogP contribution in [-0.2, 0) is 4.79 Å². The molecule has 1 aliphatic heterocycles. The highest BCUT2D eigenvalue weighted by Gasteiger charge is 2.34. The highest BCUT2D eigenvalue weighted by molar-refractivity contribution is 6.25. The maximum Gasteiger partial charge on any atom is 0.308 e. The fourth-order valence-electron chi connectivity index (χ4n) is 1.90. The summed E-state index contributed by atoms with van der Waals surface area (Å²) < 4.78 is 0. The average molecular weight is 218 g/mol. The summed E-state index contributed by atoms with van der Waals surface area (Å²) in [5.41, 5.74) is 2.63. The van der Waals surface area contributed by atoms with Crippen molar-refractivity contribution in [3.05, 3.63) is 11.1 Å². The van der Waals surface area contributed by atoms with Crippen molar-refractivity contribution in [3.63, 3.8) is 0 Å². The van der Waals surface area contributed by atoms with Crippen LogP contribution >= 0.6 is 11.6 Å². The predicted octanol–water partition coefficient (Wildman–Crippen LogP) is 1.78. The second-order valence-electron chi connectivity index (χ2n) is 4.07. The Morgan fingerprint density at radius 1 is 1.64 bits per heavy atom. The van der Waals surface area contributed by atoms with Crippen molar-refractivity contribution in [1.29, 1.82) is 0 Å². The van der Waals surface area contributed by atoms with Crippen molar-refractivity contribution >= 4 is 17.6 Å². The molecule has 1 aliphatic rings. The topological polar surface area (TPSA) is 40.5 Å². The molecule has 1 N–H and O–H groups in total. The number of carboxylic acids is 1. The summed E-state index contributed by atoms with van der Waals surface area (Å²) >= 11 is 5.56. The van der Waals surface area contributed by atoms with Gasteiger partial charge in [-0.05, 0) is 18.4 Å². The van der Waals surface area contributed by atoms with Crippen LogP contribution in [0.4, 0.5) is 0 Å². The zero-order valence-electron chi connectivity index (χ0n) is 8.53. The van der Waals surface area contributed by atoms with Gasteiger partial charge in [0.15, 0.2) is 0 Å². The van der Waals surface area contributed by atoms with Crippen LogP contribution in [0.1, 0.15) is 13.8 Å². The maximum absolute atomic E-state index is 10.8. The van der Waals surface area contributed by atoms with E-state index in [4.69, 9.17) is 16.7 Å². The third kappa shape index (κ3) is 2.72. The number of likely N-dealkylation sites (tertiary alicyclic amines) is 1. The Morgan fingerprint density at radius 3 is 2.71 bits per heavy atom. The molecule has 14 heavy (non-hydrogen) atoms. The van der Waals surface area contributed by atoms with Gasteiger partial charge in [0.1, 0.15) is 0 Å². The quantitative estimate of drug-likeness (QED) is 0.784. The molecule has 0 aromatic rings. The molecule has 2 atom stereocenters. The smallest absolute Gasteiger partial charge is 0.308 e. The summed E-state index contributed by atoms with van der Waals surface area (Å²) in [6.45, 7) is 6.19. The molecule has 0 aliphatic carbocycles. The maximum atomic E-state index is 10.8. The zero-order chi connectivity index (χ0) is 10.7. The molecule has 1 rings (SSSR count). The monoisotopic (exact) mass is 217 g/mol. The molecule has 0 bridgehead atoms. The number of nitrogens with zero attached hydrogens (tertiary/aromatic N) is 1. The molecule has 0 aromatic carbocycles. The Morgan fingerprint density at radius 2 is 2.29 bits per heavy atom. The minimum atomic E-state index is -0.687. The average Bonchev–Trinajstić information content (AvgIpc) is 2.46. The third-order valence-corrected chi connectivity index (χ3v) is 3.04. The van der Waals surface area contributed by atoms with Crippen LogP contribution in [-0.4, -0.2) is 35.6 Å². The summed E-state index contributed by atoms with van der Waals surface area (Å²) in [6.07, 6.45) is 0. The minimum absolute atomic E-state index is 0.224. The van der Waals surface area contributed by atoms with E-state index >= 15 is 0 Å². The first-order valence-electron chi connectivity index (χ1n) is 4.75. The standard InChI is InChI=1S/C10H16ClNO2/c1-7(3-11)4-12-5-8(2)9(6-12)10(13)14/h3,8-9H,4-6H2,1-2H3,(H,13,14)/b7-3+/t8-,9-/m1/s1. The van der Waals surface area contributed by atoms with Gasteiger partial charge in [0, 0.05) is 25.2 Å². The molecule has 0 aromatic heterocycles. The van der Waals surface area contributed by atoms with Crippen LogP contribution in [0.15, 0.2) is 11.1 Å². The number of carbonyl (C=O) groups is 1. The Labute approximate surface area is 89.3 Å². The van der Waals surface area contributed by atoms with Gasteiger partial charge in [-0.25, -0.2) is 0 Å². The molecule has 4 heteroatoms. The van der Waals surface area contributed by atoms with E-state index in [2.05, 4.69) is 4.90 Å². The van der Waals surface area contributed by atoms with Crippen molar-refractivity contribution in [2.45, 2.75) is 13.8 Å². The summed E-state index contributed by atoms with van der Waals surface area (Å²) in [7, 11) is 0.